The quantitative estimate of drug-likeness (QED) is 0.606. The van der Waals surface area contributed by atoms with E-state index in [9.17, 15) is 4.79 Å². The van der Waals surface area contributed by atoms with Crippen molar-refractivity contribution >= 4 is 11.0 Å². The first-order valence-electron chi connectivity index (χ1n) is 9.78. The van der Waals surface area contributed by atoms with Gasteiger partial charge in [-0.3, -0.25) is 14.7 Å². The van der Waals surface area contributed by atoms with E-state index in [-0.39, 0.29) is 5.56 Å². The number of rotatable bonds is 7. The van der Waals surface area contributed by atoms with E-state index in [0.29, 0.717) is 36.5 Å². The summed E-state index contributed by atoms with van der Waals surface area (Å²) in [7, 11) is 3.38. The molecule has 0 radical (unpaired) electrons. The summed E-state index contributed by atoms with van der Waals surface area (Å²) in [6.07, 6.45) is 5.17. The van der Waals surface area contributed by atoms with Gasteiger partial charge in [-0.05, 0) is 12.1 Å². The second-order valence-corrected chi connectivity index (χ2v) is 7.15. The lowest BCUT2D eigenvalue weighted by Gasteiger charge is -2.26. The van der Waals surface area contributed by atoms with Gasteiger partial charge >= 0.3 is 0 Å². The highest BCUT2D eigenvalue weighted by Gasteiger charge is 2.19. The Bertz CT molecular complexity index is 1040. The number of aromatic nitrogens is 2. The molecule has 8 heteroatoms. The lowest BCUT2D eigenvalue weighted by Crippen LogP contribution is -2.42. The van der Waals surface area contributed by atoms with Crippen LogP contribution < -0.4 is 15.6 Å². The van der Waals surface area contributed by atoms with Crippen molar-refractivity contribution in [2.45, 2.75) is 6.54 Å². The number of hydrogen-bond donors (Lipinski definition) is 1. The third-order valence-electron chi connectivity index (χ3n) is 5.11. The minimum absolute atomic E-state index is 0.0741. The summed E-state index contributed by atoms with van der Waals surface area (Å²) >= 11 is 0. The molecular weight excluding hydrogens is 372 g/mol. The summed E-state index contributed by atoms with van der Waals surface area (Å²) in [5.74, 6) is 1.42. The van der Waals surface area contributed by atoms with Crippen LogP contribution in [0, 0.1) is 0 Å². The zero-order valence-electron chi connectivity index (χ0n) is 16.8. The molecule has 0 unspecified atom stereocenters. The average molecular weight is 398 g/mol. The maximum Gasteiger partial charge on any atom is 0.261 e. The van der Waals surface area contributed by atoms with Gasteiger partial charge in [0, 0.05) is 63.9 Å². The number of furan rings is 1. The normalized spacial score (nSPS) is 15.1. The lowest BCUT2D eigenvalue weighted by atomic mass is 10.1. The van der Waals surface area contributed by atoms with Crippen molar-refractivity contribution in [1.29, 1.82) is 0 Å². The fourth-order valence-corrected chi connectivity index (χ4v) is 3.61. The number of nitrogens with one attached hydrogen (secondary N) is 1. The van der Waals surface area contributed by atoms with Gasteiger partial charge in [0.1, 0.15) is 23.7 Å². The Morgan fingerprint density at radius 3 is 2.86 bits per heavy atom. The monoisotopic (exact) mass is 398 g/mol. The fraction of sp³-hybridized carbons (Fsp3) is 0.429. The number of aryl methyl sites for hydroxylation is 1. The maximum absolute atomic E-state index is 12.7. The summed E-state index contributed by atoms with van der Waals surface area (Å²) in [5, 5.41) is 3.93. The van der Waals surface area contributed by atoms with Gasteiger partial charge < -0.3 is 23.8 Å². The van der Waals surface area contributed by atoms with Gasteiger partial charge in [0.15, 0.2) is 0 Å². The van der Waals surface area contributed by atoms with E-state index in [1.54, 1.807) is 37.3 Å². The molecule has 3 aromatic heterocycles. The van der Waals surface area contributed by atoms with Crippen LogP contribution in [0.3, 0.4) is 0 Å². The highest BCUT2D eigenvalue weighted by atomic mass is 16.5. The van der Waals surface area contributed by atoms with Crippen LogP contribution in [-0.2, 0) is 18.3 Å². The molecule has 0 aromatic carbocycles. The van der Waals surface area contributed by atoms with Crippen LogP contribution in [0.5, 0.6) is 5.75 Å². The number of fused-ring (bicyclic) bond motifs is 1. The standard InChI is InChI=1S/C21H26N4O4/c1-24-14-18(16-3-4-23-12-19(16)28-10-9-27-2)20-17(21(24)26)11-15(29-20)13-25-7-5-22-6-8-25/h3-4,11-12,14,22H,5-10,13H2,1-2H3. The van der Waals surface area contributed by atoms with Gasteiger partial charge in [-0.2, -0.15) is 0 Å². The molecule has 4 heterocycles. The molecule has 1 aliphatic rings. The van der Waals surface area contributed by atoms with E-state index in [0.717, 1.165) is 43.1 Å². The maximum atomic E-state index is 12.7. The molecule has 0 bridgehead atoms. The average Bonchev–Trinajstić information content (AvgIpc) is 3.16. The zero-order chi connectivity index (χ0) is 20.2. The molecule has 154 valence electrons. The first kappa shape index (κ1) is 19.6. The number of hydrogen-bond acceptors (Lipinski definition) is 7. The molecule has 0 aliphatic carbocycles. The largest absolute Gasteiger partial charge is 0.489 e. The van der Waals surface area contributed by atoms with Gasteiger partial charge in [-0.25, -0.2) is 0 Å². The number of ether oxygens (including phenoxy) is 2. The summed E-state index contributed by atoms with van der Waals surface area (Å²) in [6, 6.07) is 3.75. The van der Waals surface area contributed by atoms with E-state index in [4.69, 9.17) is 13.9 Å². The molecule has 0 amide bonds. The molecule has 4 rings (SSSR count). The Hall–Kier alpha value is -2.68. The molecule has 1 fully saturated rings. The van der Waals surface area contributed by atoms with E-state index in [1.165, 1.54) is 0 Å². The van der Waals surface area contributed by atoms with Gasteiger partial charge in [-0.15, -0.1) is 0 Å². The van der Waals surface area contributed by atoms with Gasteiger partial charge in [-0.1, -0.05) is 0 Å². The molecule has 0 atom stereocenters. The molecule has 8 nitrogen and oxygen atoms in total. The van der Waals surface area contributed by atoms with Crippen LogP contribution in [0.25, 0.3) is 22.1 Å². The van der Waals surface area contributed by atoms with E-state index >= 15 is 0 Å². The van der Waals surface area contributed by atoms with E-state index in [1.807, 2.05) is 12.1 Å². The predicted molar refractivity (Wildman–Crippen MR) is 110 cm³/mol. The number of pyridine rings is 2. The van der Waals surface area contributed by atoms with Crippen molar-refractivity contribution in [2.24, 2.45) is 7.05 Å². The SMILES string of the molecule is COCCOc1cnccc1-c1cn(C)c(=O)c2cc(CN3CCNCC3)oc12. The second-order valence-electron chi connectivity index (χ2n) is 7.15. The fourth-order valence-electron chi connectivity index (χ4n) is 3.61. The van der Waals surface area contributed by atoms with Crippen LogP contribution in [-0.4, -0.2) is 61.0 Å². The highest BCUT2D eigenvalue weighted by Crippen LogP contribution is 2.34. The molecular formula is C21H26N4O4. The minimum Gasteiger partial charge on any atom is -0.489 e. The molecule has 29 heavy (non-hydrogen) atoms. The lowest BCUT2D eigenvalue weighted by molar-refractivity contribution is 0.146. The molecule has 1 N–H and O–H groups in total. The predicted octanol–water partition coefficient (Wildman–Crippen LogP) is 1.62. The Labute approximate surface area is 169 Å². The summed E-state index contributed by atoms with van der Waals surface area (Å²) in [5.41, 5.74) is 2.15. The topological polar surface area (TPSA) is 81.8 Å². The number of nitrogens with zero attached hydrogens (tertiary/aromatic N) is 3. The highest BCUT2D eigenvalue weighted by molar-refractivity contribution is 5.93. The van der Waals surface area contributed by atoms with Crippen molar-refractivity contribution in [1.82, 2.24) is 19.8 Å². The second kappa shape index (κ2) is 8.77. The van der Waals surface area contributed by atoms with Gasteiger partial charge in [0.2, 0.25) is 0 Å². The molecule has 3 aromatic rings. The van der Waals surface area contributed by atoms with Crippen molar-refractivity contribution in [3.8, 4) is 16.9 Å². The van der Waals surface area contributed by atoms with Gasteiger partial charge in [0.25, 0.3) is 5.56 Å². The Morgan fingerprint density at radius 1 is 1.24 bits per heavy atom. The van der Waals surface area contributed by atoms with E-state index in [2.05, 4.69) is 15.2 Å². The molecule has 1 aliphatic heterocycles. The molecule has 1 saturated heterocycles. The van der Waals surface area contributed by atoms with Crippen LogP contribution in [0.4, 0.5) is 0 Å². The zero-order valence-corrected chi connectivity index (χ0v) is 16.8. The third-order valence-corrected chi connectivity index (χ3v) is 5.11. The molecule has 0 saturated carbocycles. The van der Waals surface area contributed by atoms with Gasteiger partial charge in [0.05, 0.1) is 24.7 Å². The summed E-state index contributed by atoms with van der Waals surface area (Å²) < 4.78 is 18.7. The Kier molecular flexibility index (Phi) is 5.94. The van der Waals surface area contributed by atoms with Crippen LogP contribution >= 0.6 is 0 Å². The van der Waals surface area contributed by atoms with Crippen molar-refractivity contribution in [2.75, 3.05) is 46.5 Å². The van der Waals surface area contributed by atoms with Crippen LogP contribution in [0.1, 0.15) is 5.76 Å². The Morgan fingerprint density at radius 2 is 2.07 bits per heavy atom. The number of piperazine rings is 1. The third kappa shape index (κ3) is 4.19. The van der Waals surface area contributed by atoms with Crippen molar-refractivity contribution < 1.29 is 13.9 Å². The van der Waals surface area contributed by atoms with Crippen molar-refractivity contribution in [3.63, 3.8) is 0 Å². The Balaban J connectivity index is 1.75. The summed E-state index contributed by atoms with van der Waals surface area (Å²) in [6.45, 7) is 5.43. The van der Waals surface area contributed by atoms with Crippen LogP contribution in [0.2, 0.25) is 0 Å². The number of methoxy groups -OCH3 is 1. The van der Waals surface area contributed by atoms with Crippen molar-refractivity contribution in [3.05, 3.63) is 46.8 Å². The van der Waals surface area contributed by atoms with E-state index < -0.39 is 0 Å². The summed E-state index contributed by atoms with van der Waals surface area (Å²) in [4.78, 5) is 19.2. The first-order chi connectivity index (χ1) is 14.2. The van der Waals surface area contributed by atoms with Crippen LogP contribution in [0.15, 0.2) is 39.9 Å². The first-order valence-corrected chi connectivity index (χ1v) is 9.78. The smallest absolute Gasteiger partial charge is 0.261 e. The molecule has 0 spiro atoms. The minimum atomic E-state index is -0.0741.